The second kappa shape index (κ2) is 6.14. The normalized spacial score (nSPS) is 13.1. The van der Waals surface area contributed by atoms with Gasteiger partial charge in [-0.2, -0.15) is 8.42 Å². The molecule has 18 heavy (non-hydrogen) atoms. The van der Waals surface area contributed by atoms with Crippen molar-refractivity contribution in [3.8, 4) is 0 Å². The SMILES string of the molecule is Cc1cc(NC(=O)C(Br)CBr)ccc1S(=O)(=O)O. The van der Waals surface area contributed by atoms with Crippen molar-refractivity contribution in [2.75, 3.05) is 10.6 Å². The zero-order valence-corrected chi connectivity index (χ0v) is 13.3. The molecule has 0 heterocycles. The van der Waals surface area contributed by atoms with Gasteiger partial charge in [0.05, 0.1) is 4.90 Å². The number of halogens is 2. The highest BCUT2D eigenvalue weighted by atomic mass is 79.9. The third-order valence-electron chi connectivity index (χ3n) is 2.14. The van der Waals surface area contributed by atoms with E-state index >= 15 is 0 Å². The summed E-state index contributed by atoms with van der Waals surface area (Å²) in [6, 6.07) is 4.15. The molecule has 1 unspecified atom stereocenters. The molecule has 5 nitrogen and oxygen atoms in total. The molecule has 0 saturated carbocycles. The highest BCUT2D eigenvalue weighted by Gasteiger charge is 2.16. The monoisotopic (exact) mass is 399 g/mol. The summed E-state index contributed by atoms with van der Waals surface area (Å²) in [7, 11) is -4.23. The number of alkyl halides is 2. The Morgan fingerprint density at radius 3 is 2.56 bits per heavy atom. The highest BCUT2D eigenvalue weighted by molar-refractivity contribution is 9.12. The number of hydrogen-bond acceptors (Lipinski definition) is 3. The number of rotatable bonds is 4. The van der Waals surface area contributed by atoms with Crippen LogP contribution < -0.4 is 5.32 Å². The molecule has 1 aromatic carbocycles. The molecule has 0 aromatic heterocycles. The summed E-state index contributed by atoms with van der Waals surface area (Å²) < 4.78 is 30.9. The minimum absolute atomic E-state index is 0.170. The van der Waals surface area contributed by atoms with Crippen LogP contribution in [0.3, 0.4) is 0 Å². The van der Waals surface area contributed by atoms with Crippen LogP contribution in [-0.2, 0) is 14.9 Å². The Bertz CT molecular complexity index is 559. The summed E-state index contributed by atoms with van der Waals surface area (Å²) in [5, 5.41) is 3.08. The summed E-state index contributed by atoms with van der Waals surface area (Å²) in [6.45, 7) is 1.54. The van der Waals surface area contributed by atoms with Crippen LogP contribution in [0.5, 0.6) is 0 Å². The predicted molar refractivity (Wildman–Crippen MR) is 76.1 cm³/mol. The average molecular weight is 401 g/mol. The third kappa shape index (κ3) is 4.04. The van der Waals surface area contributed by atoms with Gasteiger partial charge in [-0.05, 0) is 30.7 Å². The quantitative estimate of drug-likeness (QED) is 0.600. The zero-order valence-electron chi connectivity index (χ0n) is 9.35. The van der Waals surface area contributed by atoms with Gasteiger partial charge in [-0.3, -0.25) is 9.35 Å². The smallest absolute Gasteiger partial charge is 0.294 e. The van der Waals surface area contributed by atoms with Crippen LogP contribution >= 0.6 is 31.9 Å². The van der Waals surface area contributed by atoms with Gasteiger partial charge in [0.1, 0.15) is 4.83 Å². The van der Waals surface area contributed by atoms with Crippen molar-refractivity contribution < 1.29 is 17.8 Å². The first-order valence-electron chi connectivity index (χ1n) is 4.84. The summed E-state index contributed by atoms with van der Waals surface area (Å²) in [4.78, 5) is 11.0. The van der Waals surface area contributed by atoms with E-state index in [1.807, 2.05) is 0 Å². The van der Waals surface area contributed by atoms with E-state index in [9.17, 15) is 13.2 Å². The van der Waals surface area contributed by atoms with Crippen LogP contribution in [0.1, 0.15) is 5.56 Å². The van der Waals surface area contributed by atoms with Gasteiger partial charge >= 0.3 is 0 Å². The van der Waals surface area contributed by atoms with Crippen molar-refractivity contribution in [2.45, 2.75) is 16.6 Å². The lowest BCUT2D eigenvalue weighted by Gasteiger charge is -2.10. The minimum Gasteiger partial charge on any atom is -0.325 e. The molecule has 8 heteroatoms. The molecule has 0 aliphatic carbocycles. The maximum Gasteiger partial charge on any atom is 0.294 e. The number of carbonyl (C=O) groups excluding carboxylic acids is 1. The van der Waals surface area contributed by atoms with Crippen molar-refractivity contribution in [3.63, 3.8) is 0 Å². The molecule has 100 valence electrons. The fourth-order valence-electron chi connectivity index (χ4n) is 1.31. The van der Waals surface area contributed by atoms with Crippen LogP contribution in [0.25, 0.3) is 0 Å². The number of carbonyl (C=O) groups is 1. The van der Waals surface area contributed by atoms with Crippen LogP contribution in [0.2, 0.25) is 0 Å². The summed E-state index contributed by atoms with van der Waals surface area (Å²) in [5.74, 6) is -0.245. The Kier molecular flexibility index (Phi) is 5.32. The van der Waals surface area contributed by atoms with Gasteiger partial charge in [-0.15, -0.1) is 0 Å². The highest BCUT2D eigenvalue weighted by Crippen LogP contribution is 2.20. The van der Waals surface area contributed by atoms with E-state index in [0.717, 1.165) is 0 Å². The number of benzene rings is 1. The molecule has 1 aromatic rings. The lowest BCUT2D eigenvalue weighted by Crippen LogP contribution is -2.23. The van der Waals surface area contributed by atoms with Gasteiger partial charge in [0.25, 0.3) is 10.1 Å². The van der Waals surface area contributed by atoms with E-state index in [-0.39, 0.29) is 15.6 Å². The third-order valence-corrected chi connectivity index (χ3v) is 5.41. The van der Waals surface area contributed by atoms with Gasteiger partial charge in [0.15, 0.2) is 0 Å². The first-order valence-corrected chi connectivity index (χ1v) is 8.32. The summed E-state index contributed by atoms with van der Waals surface area (Å²) in [5.41, 5.74) is 0.829. The van der Waals surface area contributed by atoms with Crippen molar-refractivity contribution >= 4 is 53.6 Å². The number of hydrogen-bond donors (Lipinski definition) is 2. The minimum atomic E-state index is -4.23. The molecule has 0 saturated heterocycles. The Labute approximate surface area is 122 Å². The fourth-order valence-corrected chi connectivity index (χ4v) is 2.42. The van der Waals surface area contributed by atoms with Crippen LogP contribution in [0.15, 0.2) is 23.1 Å². The number of aryl methyl sites for hydroxylation is 1. The molecule has 2 N–H and O–H groups in total. The van der Waals surface area contributed by atoms with Crippen LogP contribution in [0, 0.1) is 6.92 Å². The molecule has 0 bridgehead atoms. The molecule has 0 aliphatic heterocycles. The maximum absolute atomic E-state index is 11.6. The van der Waals surface area contributed by atoms with Gasteiger partial charge in [0.2, 0.25) is 5.91 Å². The fraction of sp³-hybridized carbons (Fsp3) is 0.300. The Balaban J connectivity index is 2.96. The molecular formula is C10H11Br2NO4S. The number of anilines is 1. The molecular weight excluding hydrogens is 390 g/mol. The molecule has 1 atom stereocenters. The largest absolute Gasteiger partial charge is 0.325 e. The maximum atomic E-state index is 11.6. The first kappa shape index (κ1) is 15.6. The standard InChI is InChI=1S/C10H11Br2NO4S/c1-6-4-7(13-10(14)8(12)5-11)2-3-9(6)18(15,16)17/h2-4,8H,5H2,1H3,(H,13,14)(H,15,16,17). The van der Waals surface area contributed by atoms with Crippen molar-refractivity contribution in [1.82, 2.24) is 0 Å². The zero-order chi connectivity index (χ0) is 13.9. The van der Waals surface area contributed by atoms with Crippen molar-refractivity contribution in [2.24, 2.45) is 0 Å². The molecule has 0 aliphatic rings. The number of nitrogens with one attached hydrogen (secondary N) is 1. The first-order chi connectivity index (χ1) is 8.25. The predicted octanol–water partition coefficient (Wildman–Crippen LogP) is 2.34. The van der Waals surface area contributed by atoms with Gasteiger partial charge in [0, 0.05) is 11.0 Å². The second-order valence-corrected chi connectivity index (χ2v) is 6.71. The van der Waals surface area contributed by atoms with Gasteiger partial charge in [-0.1, -0.05) is 31.9 Å². The van der Waals surface area contributed by atoms with Gasteiger partial charge in [-0.25, -0.2) is 0 Å². The molecule has 0 fully saturated rings. The average Bonchev–Trinajstić information content (AvgIpc) is 2.26. The summed E-state index contributed by atoms with van der Waals surface area (Å²) >= 11 is 6.33. The van der Waals surface area contributed by atoms with E-state index in [2.05, 4.69) is 37.2 Å². The Morgan fingerprint density at radius 2 is 2.11 bits per heavy atom. The van der Waals surface area contributed by atoms with Crippen molar-refractivity contribution in [1.29, 1.82) is 0 Å². The Hall–Kier alpha value is -0.440. The van der Waals surface area contributed by atoms with E-state index in [1.165, 1.54) is 25.1 Å². The lowest BCUT2D eigenvalue weighted by atomic mass is 10.2. The topological polar surface area (TPSA) is 83.5 Å². The molecule has 0 spiro atoms. The molecule has 0 radical (unpaired) electrons. The Morgan fingerprint density at radius 1 is 1.50 bits per heavy atom. The number of amides is 1. The van der Waals surface area contributed by atoms with Crippen LogP contribution in [0.4, 0.5) is 5.69 Å². The lowest BCUT2D eigenvalue weighted by molar-refractivity contribution is -0.115. The molecule has 1 rings (SSSR count). The van der Waals surface area contributed by atoms with Gasteiger partial charge < -0.3 is 5.32 Å². The summed E-state index contributed by atoms with van der Waals surface area (Å²) in [6.07, 6.45) is 0. The van der Waals surface area contributed by atoms with E-state index in [1.54, 1.807) is 0 Å². The van der Waals surface area contributed by atoms with E-state index in [0.29, 0.717) is 16.6 Å². The molecule has 1 amide bonds. The second-order valence-electron chi connectivity index (χ2n) is 3.57. The van der Waals surface area contributed by atoms with E-state index < -0.39 is 10.1 Å². The van der Waals surface area contributed by atoms with E-state index in [4.69, 9.17) is 4.55 Å². The van der Waals surface area contributed by atoms with Crippen molar-refractivity contribution in [3.05, 3.63) is 23.8 Å². The van der Waals surface area contributed by atoms with Crippen LogP contribution in [-0.4, -0.2) is 29.0 Å².